The molecule has 0 radical (unpaired) electrons. The molecular weight excluding hydrogens is 285 g/mol. The standard InChI is InChI=1S/C15H20BNO5/c1-3-4-8-21-15(19)12-7-5-6-11-9-13(17-10(2)18)16(20)22-14(11)12/h5-7,13,20H,3-4,8-9H2,1-2H3,(H,17,18). The molecule has 2 rings (SSSR count). The second kappa shape index (κ2) is 7.31. The van der Waals surface area contributed by atoms with Gasteiger partial charge in [0, 0.05) is 6.92 Å². The molecule has 2 N–H and O–H groups in total. The summed E-state index contributed by atoms with van der Waals surface area (Å²) in [5.74, 6) is -0.906. The first-order valence-electron chi connectivity index (χ1n) is 7.43. The zero-order chi connectivity index (χ0) is 16.1. The minimum Gasteiger partial charge on any atom is -0.534 e. The predicted octanol–water partition coefficient (Wildman–Crippen LogP) is 1.10. The van der Waals surface area contributed by atoms with Gasteiger partial charge in [-0.2, -0.15) is 0 Å². The summed E-state index contributed by atoms with van der Waals surface area (Å²) in [6.45, 7) is 3.75. The molecule has 0 saturated carbocycles. The molecular formula is C15H20BNO5. The van der Waals surface area contributed by atoms with E-state index in [0.29, 0.717) is 24.3 Å². The van der Waals surface area contributed by atoms with E-state index in [1.54, 1.807) is 18.2 Å². The fourth-order valence-corrected chi connectivity index (χ4v) is 2.36. The molecule has 1 heterocycles. The van der Waals surface area contributed by atoms with Gasteiger partial charge in [0.25, 0.3) is 0 Å². The third-order valence-corrected chi connectivity index (χ3v) is 3.46. The topological polar surface area (TPSA) is 84.9 Å². The number of benzene rings is 1. The smallest absolute Gasteiger partial charge is 0.534 e. The summed E-state index contributed by atoms with van der Waals surface area (Å²) < 4.78 is 10.6. The molecule has 1 unspecified atom stereocenters. The highest BCUT2D eigenvalue weighted by Gasteiger charge is 2.37. The zero-order valence-electron chi connectivity index (χ0n) is 12.8. The highest BCUT2D eigenvalue weighted by Crippen LogP contribution is 2.30. The van der Waals surface area contributed by atoms with E-state index in [2.05, 4.69) is 5.32 Å². The van der Waals surface area contributed by atoms with Gasteiger partial charge in [-0.1, -0.05) is 25.5 Å². The van der Waals surface area contributed by atoms with Gasteiger partial charge in [-0.15, -0.1) is 0 Å². The number of rotatable bonds is 5. The van der Waals surface area contributed by atoms with E-state index in [4.69, 9.17) is 9.39 Å². The summed E-state index contributed by atoms with van der Waals surface area (Å²) >= 11 is 0. The summed E-state index contributed by atoms with van der Waals surface area (Å²) in [6, 6.07) is 5.15. The molecule has 0 spiro atoms. The van der Waals surface area contributed by atoms with Crippen molar-refractivity contribution in [1.29, 1.82) is 0 Å². The van der Waals surface area contributed by atoms with E-state index in [1.165, 1.54) is 6.92 Å². The van der Waals surface area contributed by atoms with Crippen molar-refractivity contribution in [3.05, 3.63) is 29.3 Å². The second-order valence-electron chi connectivity index (χ2n) is 5.30. The van der Waals surface area contributed by atoms with Gasteiger partial charge in [0.15, 0.2) is 0 Å². The number of fused-ring (bicyclic) bond motifs is 1. The molecule has 118 valence electrons. The number of para-hydroxylation sites is 1. The molecule has 0 aromatic heterocycles. The third-order valence-electron chi connectivity index (χ3n) is 3.46. The van der Waals surface area contributed by atoms with Gasteiger partial charge in [0.05, 0.1) is 12.5 Å². The first kappa shape index (κ1) is 16.4. The predicted molar refractivity (Wildman–Crippen MR) is 81.5 cm³/mol. The molecule has 6 nitrogen and oxygen atoms in total. The van der Waals surface area contributed by atoms with Crippen molar-refractivity contribution >= 4 is 19.0 Å². The van der Waals surface area contributed by atoms with Crippen LogP contribution in [0.25, 0.3) is 0 Å². The van der Waals surface area contributed by atoms with Crippen molar-refractivity contribution < 1.29 is 24.0 Å². The van der Waals surface area contributed by atoms with Crippen LogP contribution in [-0.4, -0.2) is 36.6 Å². The Hall–Kier alpha value is -2.02. The fourth-order valence-electron chi connectivity index (χ4n) is 2.36. The van der Waals surface area contributed by atoms with Crippen LogP contribution in [0.5, 0.6) is 5.75 Å². The molecule has 22 heavy (non-hydrogen) atoms. The highest BCUT2D eigenvalue weighted by atomic mass is 16.5. The van der Waals surface area contributed by atoms with Crippen LogP contribution < -0.4 is 9.97 Å². The van der Waals surface area contributed by atoms with Crippen LogP contribution in [0.15, 0.2) is 18.2 Å². The van der Waals surface area contributed by atoms with Crippen molar-refractivity contribution in [3.8, 4) is 5.75 Å². The van der Waals surface area contributed by atoms with E-state index in [9.17, 15) is 14.6 Å². The minimum absolute atomic E-state index is 0.244. The molecule has 0 fully saturated rings. The largest absolute Gasteiger partial charge is 0.547 e. The summed E-state index contributed by atoms with van der Waals surface area (Å²) in [5.41, 5.74) is 1.06. The number of carbonyl (C=O) groups excluding carboxylic acids is 2. The highest BCUT2D eigenvalue weighted by molar-refractivity contribution is 6.47. The number of unbranched alkanes of at least 4 members (excludes halogenated alkanes) is 1. The lowest BCUT2D eigenvalue weighted by Gasteiger charge is -2.28. The Kier molecular flexibility index (Phi) is 5.43. The maximum Gasteiger partial charge on any atom is 0.547 e. The molecule has 1 aliphatic heterocycles. The van der Waals surface area contributed by atoms with Crippen LogP contribution in [0, 0.1) is 0 Å². The molecule has 1 amide bonds. The van der Waals surface area contributed by atoms with Gasteiger partial charge in [0.1, 0.15) is 11.3 Å². The molecule has 0 bridgehead atoms. The average molecular weight is 305 g/mol. The Labute approximate surface area is 129 Å². The summed E-state index contributed by atoms with van der Waals surface area (Å²) in [6.07, 6.45) is 2.13. The van der Waals surface area contributed by atoms with Crippen LogP contribution in [-0.2, 0) is 16.0 Å². The molecule has 1 aliphatic rings. The van der Waals surface area contributed by atoms with E-state index in [-0.39, 0.29) is 5.91 Å². The Morgan fingerprint density at radius 3 is 2.95 bits per heavy atom. The second-order valence-corrected chi connectivity index (χ2v) is 5.30. The number of nitrogens with one attached hydrogen (secondary N) is 1. The van der Waals surface area contributed by atoms with E-state index >= 15 is 0 Å². The molecule has 0 aliphatic carbocycles. The number of hydrogen-bond acceptors (Lipinski definition) is 5. The van der Waals surface area contributed by atoms with E-state index in [1.807, 2.05) is 6.92 Å². The fraction of sp³-hybridized carbons (Fsp3) is 0.467. The molecule has 1 atom stereocenters. The normalized spacial score (nSPS) is 16.5. The third kappa shape index (κ3) is 3.79. The van der Waals surface area contributed by atoms with Crippen molar-refractivity contribution in [3.63, 3.8) is 0 Å². The Bertz CT molecular complexity index is 563. The average Bonchev–Trinajstić information content (AvgIpc) is 2.47. The van der Waals surface area contributed by atoms with E-state index < -0.39 is 19.0 Å². The van der Waals surface area contributed by atoms with Gasteiger partial charge in [0.2, 0.25) is 5.91 Å². The lowest BCUT2D eigenvalue weighted by molar-refractivity contribution is -0.119. The number of ether oxygens (including phenoxy) is 1. The van der Waals surface area contributed by atoms with Crippen molar-refractivity contribution in [2.45, 2.75) is 39.1 Å². The summed E-state index contributed by atoms with van der Waals surface area (Å²) in [5, 5.41) is 12.6. The zero-order valence-corrected chi connectivity index (χ0v) is 12.8. The Balaban J connectivity index is 2.17. The van der Waals surface area contributed by atoms with Gasteiger partial charge in [-0.25, -0.2) is 4.79 Å². The van der Waals surface area contributed by atoms with Crippen molar-refractivity contribution in [2.24, 2.45) is 0 Å². The minimum atomic E-state index is -1.19. The molecule has 0 saturated heterocycles. The number of carbonyl (C=O) groups is 2. The monoisotopic (exact) mass is 305 g/mol. The lowest BCUT2D eigenvalue weighted by atomic mass is 9.72. The maximum atomic E-state index is 12.1. The van der Waals surface area contributed by atoms with E-state index in [0.717, 1.165) is 18.4 Å². The van der Waals surface area contributed by atoms with Gasteiger partial charge in [-0.3, -0.25) is 4.79 Å². The molecule has 1 aromatic rings. The quantitative estimate of drug-likeness (QED) is 0.483. The van der Waals surface area contributed by atoms with Crippen LogP contribution in [0.2, 0.25) is 0 Å². The summed E-state index contributed by atoms with van der Waals surface area (Å²) in [4.78, 5) is 23.2. The van der Waals surface area contributed by atoms with Crippen LogP contribution in [0.4, 0.5) is 0 Å². The summed E-state index contributed by atoms with van der Waals surface area (Å²) in [7, 11) is -1.19. The maximum absolute atomic E-state index is 12.1. The number of esters is 1. The lowest BCUT2D eigenvalue weighted by Crippen LogP contribution is -2.52. The first-order valence-corrected chi connectivity index (χ1v) is 7.43. The number of amides is 1. The van der Waals surface area contributed by atoms with Crippen molar-refractivity contribution in [2.75, 3.05) is 6.61 Å². The first-order chi connectivity index (χ1) is 10.5. The van der Waals surface area contributed by atoms with Gasteiger partial charge in [-0.05, 0) is 24.5 Å². The molecule has 7 heteroatoms. The Morgan fingerprint density at radius 2 is 2.27 bits per heavy atom. The van der Waals surface area contributed by atoms with Gasteiger partial charge >= 0.3 is 13.1 Å². The molecule has 1 aromatic carbocycles. The van der Waals surface area contributed by atoms with Crippen LogP contribution in [0.1, 0.15) is 42.6 Å². The van der Waals surface area contributed by atoms with Crippen LogP contribution in [0.3, 0.4) is 0 Å². The Morgan fingerprint density at radius 1 is 1.50 bits per heavy atom. The van der Waals surface area contributed by atoms with Crippen LogP contribution >= 0.6 is 0 Å². The van der Waals surface area contributed by atoms with Crippen molar-refractivity contribution in [1.82, 2.24) is 5.32 Å². The SMILES string of the molecule is CCCCOC(=O)c1cccc2c1OB(O)C(NC(C)=O)C2. The number of hydrogen-bond donors (Lipinski definition) is 2. The van der Waals surface area contributed by atoms with Gasteiger partial charge < -0.3 is 19.7 Å².